The summed E-state index contributed by atoms with van der Waals surface area (Å²) in [6.45, 7) is 10.4. The van der Waals surface area contributed by atoms with Crippen molar-refractivity contribution in [2.75, 3.05) is 0 Å². The quantitative estimate of drug-likeness (QED) is 0.276. The molecule has 4 atom stereocenters. The maximum Gasteiger partial charge on any atom is 1.00 e. The fraction of sp³-hybridized carbons (Fsp3) is 0.696. The van der Waals surface area contributed by atoms with Crippen molar-refractivity contribution in [1.82, 2.24) is 0 Å². The molecule has 0 saturated heterocycles. The third-order valence-corrected chi connectivity index (χ3v) is 5.70. The molecule has 28 heavy (non-hydrogen) atoms. The molecule has 0 spiro atoms. The summed E-state index contributed by atoms with van der Waals surface area (Å²) in [6.07, 6.45) is 12.7. The van der Waals surface area contributed by atoms with Crippen LogP contribution in [0.25, 0.3) is 0 Å². The van der Waals surface area contributed by atoms with Crippen molar-refractivity contribution in [1.29, 1.82) is 0 Å². The Morgan fingerprint density at radius 2 is 2.04 bits per heavy atom. The molecule has 4 nitrogen and oxygen atoms in total. The number of aliphatic carboxylic acids is 1. The summed E-state index contributed by atoms with van der Waals surface area (Å²) >= 11 is 0. The summed E-state index contributed by atoms with van der Waals surface area (Å²) in [5, 5.41) is 31.4. The first-order valence-corrected chi connectivity index (χ1v) is 10.3. The minimum atomic E-state index is -1.01. The first-order valence-electron chi connectivity index (χ1n) is 10.3. The fourth-order valence-electron chi connectivity index (χ4n) is 3.68. The van der Waals surface area contributed by atoms with Crippen molar-refractivity contribution >= 4 is 5.97 Å². The van der Waals surface area contributed by atoms with Gasteiger partial charge in [0, 0.05) is 11.9 Å². The molecule has 5 heteroatoms. The summed E-state index contributed by atoms with van der Waals surface area (Å²) in [5.74, 6) is -0.900. The predicted molar refractivity (Wildman–Crippen MR) is 108 cm³/mol. The first kappa shape index (κ1) is 28.2. The van der Waals surface area contributed by atoms with Gasteiger partial charge < -0.3 is 20.1 Å². The van der Waals surface area contributed by atoms with Crippen molar-refractivity contribution in [3.63, 3.8) is 0 Å². The third-order valence-electron chi connectivity index (χ3n) is 5.70. The maximum absolute atomic E-state index is 10.6. The molecule has 1 saturated carbocycles. The minimum absolute atomic E-state index is 0. The smallest absolute Gasteiger partial charge is 0.550 e. The number of hydrogen-bond acceptors (Lipinski definition) is 4. The van der Waals surface area contributed by atoms with Crippen molar-refractivity contribution in [2.24, 2.45) is 17.3 Å². The number of rotatable bonds is 12. The van der Waals surface area contributed by atoms with E-state index < -0.39 is 18.2 Å². The molecule has 1 rings (SSSR count). The van der Waals surface area contributed by atoms with Crippen LogP contribution < -0.4 is 56.5 Å². The number of hydrogen-bond donors (Lipinski definition) is 2. The Morgan fingerprint density at radius 3 is 2.64 bits per heavy atom. The van der Waals surface area contributed by atoms with Crippen molar-refractivity contribution in [3.8, 4) is 0 Å². The van der Waals surface area contributed by atoms with E-state index in [4.69, 9.17) is 0 Å². The zero-order chi connectivity index (χ0) is 20.4. The summed E-state index contributed by atoms with van der Waals surface area (Å²) in [6, 6.07) is 0. The number of carbonyl (C=O) groups excluding carboxylic acids is 1. The molecular weight excluding hydrogens is 379 g/mol. The third kappa shape index (κ3) is 9.83. The van der Waals surface area contributed by atoms with Crippen LogP contribution in [-0.4, -0.2) is 28.4 Å². The standard InChI is InChI=1S/C23H38O4.K/c1-5-6-15-23(3,4)21(25)14-13-19-18(17(2)16-20(19)24)11-9-7-8-10-12-22(26)27;/h7,9,13-14,18-21,24-25H,2,5-6,8,10-12,15-16H2,1,3-4H3,(H,26,27);/q;+1/p-1/b9-7-,14-13+;/t18?,19?,20-,21-;/m1./s1. The molecule has 0 aromatic carbocycles. The zero-order valence-electron chi connectivity index (χ0n) is 18.2. The van der Waals surface area contributed by atoms with E-state index in [-0.39, 0.29) is 75.1 Å². The van der Waals surface area contributed by atoms with Crippen LogP contribution in [0.15, 0.2) is 36.5 Å². The van der Waals surface area contributed by atoms with Gasteiger partial charge in [-0.25, -0.2) is 0 Å². The SMILES string of the molecule is C=C1C[C@@H](O)C(/C=C/[C@@H](O)C(C)(C)CCCC)C1C/C=C\CCCC(=O)[O-].[K+]. The average molecular weight is 417 g/mol. The van der Waals surface area contributed by atoms with Crippen molar-refractivity contribution in [2.45, 2.75) is 84.3 Å². The number of unbranched alkanes of at least 4 members (excludes halogenated alkanes) is 2. The Morgan fingerprint density at radius 1 is 1.36 bits per heavy atom. The molecule has 1 aliphatic carbocycles. The van der Waals surface area contributed by atoms with E-state index in [0.717, 1.165) is 31.3 Å². The Hall–Kier alpha value is 0.246. The average Bonchev–Trinajstić information content (AvgIpc) is 2.86. The minimum Gasteiger partial charge on any atom is -0.550 e. The summed E-state index contributed by atoms with van der Waals surface area (Å²) in [5.41, 5.74) is 0.859. The van der Waals surface area contributed by atoms with Gasteiger partial charge >= 0.3 is 51.4 Å². The van der Waals surface area contributed by atoms with Gasteiger partial charge in [0.1, 0.15) is 0 Å². The van der Waals surface area contributed by atoms with E-state index in [1.165, 1.54) is 0 Å². The topological polar surface area (TPSA) is 80.6 Å². The molecule has 0 aromatic rings. The maximum atomic E-state index is 10.6. The van der Waals surface area contributed by atoms with E-state index in [1.54, 1.807) is 0 Å². The van der Waals surface area contributed by atoms with Crippen LogP contribution in [0.3, 0.4) is 0 Å². The first-order chi connectivity index (χ1) is 12.7. The Balaban J connectivity index is 0.00000729. The van der Waals surface area contributed by atoms with Crippen molar-refractivity contribution < 1.29 is 71.5 Å². The zero-order valence-corrected chi connectivity index (χ0v) is 21.3. The Kier molecular flexibility index (Phi) is 14.4. The molecule has 0 aliphatic heterocycles. The molecule has 2 N–H and O–H groups in total. The van der Waals surface area contributed by atoms with Gasteiger partial charge in [0.05, 0.1) is 12.2 Å². The molecule has 0 heterocycles. The van der Waals surface area contributed by atoms with Gasteiger partial charge in [0.15, 0.2) is 0 Å². The number of carboxylic acid groups (broad SMARTS) is 1. The van der Waals surface area contributed by atoms with Gasteiger partial charge in [-0.2, -0.15) is 0 Å². The fourth-order valence-corrected chi connectivity index (χ4v) is 3.68. The van der Waals surface area contributed by atoms with Gasteiger partial charge in [-0.1, -0.05) is 70.1 Å². The van der Waals surface area contributed by atoms with Crippen LogP contribution in [0.1, 0.15) is 72.1 Å². The molecule has 0 radical (unpaired) electrons. The molecule has 1 aliphatic rings. The summed E-state index contributed by atoms with van der Waals surface area (Å²) in [7, 11) is 0. The largest absolute Gasteiger partial charge is 1.00 e. The number of aliphatic hydroxyl groups excluding tert-OH is 2. The van der Waals surface area contributed by atoms with Gasteiger partial charge in [-0.15, -0.1) is 0 Å². The Bertz CT molecular complexity index is 539. The van der Waals surface area contributed by atoms with Crippen LogP contribution in [-0.2, 0) is 4.79 Å². The second-order valence-corrected chi connectivity index (χ2v) is 8.51. The van der Waals surface area contributed by atoms with Crippen LogP contribution in [0.4, 0.5) is 0 Å². The summed E-state index contributed by atoms with van der Waals surface area (Å²) in [4.78, 5) is 10.4. The van der Waals surface area contributed by atoms with Crippen LogP contribution in [0, 0.1) is 17.3 Å². The van der Waals surface area contributed by atoms with Gasteiger partial charge in [0.25, 0.3) is 0 Å². The number of carbonyl (C=O) groups is 1. The molecule has 0 amide bonds. The number of allylic oxidation sites excluding steroid dienone is 2. The van der Waals surface area contributed by atoms with Gasteiger partial charge in [-0.3, -0.25) is 0 Å². The van der Waals surface area contributed by atoms with Gasteiger partial charge in [0.2, 0.25) is 0 Å². The molecule has 0 bridgehead atoms. The Labute approximate surface area is 213 Å². The predicted octanol–water partition coefficient (Wildman–Crippen LogP) is 0.544. The number of carboxylic acids is 1. The second-order valence-electron chi connectivity index (χ2n) is 8.51. The molecule has 1 fully saturated rings. The van der Waals surface area contributed by atoms with Gasteiger partial charge in [-0.05, 0) is 49.9 Å². The monoisotopic (exact) mass is 416 g/mol. The van der Waals surface area contributed by atoms with Crippen LogP contribution >= 0.6 is 0 Å². The molecule has 154 valence electrons. The van der Waals surface area contributed by atoms with E-state index in [0.29, 0.717) is 19.3 Å². The second kappa shape index (κ2) is 14.3. The van der Waals surface area contributed by atoms with E-state index in [2.05, 4.69) is 27.4 Å². The van der Waals surface area contributed by atoms with Crippen molar-refractivity contribution in [3.05, 3.63) is 36.5 Å². The molecule has 0 aromatic heterocycles. The normalized spacial score (nSPS) is 24.0. The van der Waals surface area contributed by atoms with E-state index >= 15 is 0 Å². The number of aliphatic hydroxyl groups is 2. The van der Waals surface area contributed by atoms with E-state index in [9.17, 15) is 20.1 Å². The van der Waals surface area contributed by atoms with E-state index in [1.807, 2.05) is 24.3 Å². The summed E-state index contributed by atoms with van der Waals surface area (Å²) < 4.78 is 0. The van der Waals surface area contributed by atoms with Crippen LogP contribution in [0.2, 0.25) is 0 Å². The van der Waals surface area contributed by atoms with Crippen LogP contribution in [0.5, 0.6) is 0 Å². The molecular formula is C23H37KO4. The molecule has 2 unspecified atom stereocenters.